The number of H-pyrrole nitrogens is 1. The molecule has 32 heavy (non-hydrogen) atoms. The Morgan fingerprint density at radius 1 is 0.906 bits per heavy atom. The average Bonchev–Trinajstić information content (AvgIpc) is 3.51. The number of benzene rings is 2. The van der Waals surface area contributed by atoms with Crippen LogP contribution in [0.3, 0.4) is 0 Å². The van der Waals surface area contributed by atoms with Gasteiger partial charge in [0.15, 0.2) is 17.8 Å². The first-order chi connectivity index (χ1) is 15.7. The molecule has 0 unspecified atom stereocenters. The van der Waals surface area contributed by atoms with Gasteiger partial charge in [-0.2, -0.15) is 0 Å². The van der Waals surface area contributed by atoms with Gasteiger partial charge in [0.05, 0.1) is 24.2 Å². The lowest BCUT2D eigenvalue weighted by atomic mass is 10.0. The molecule has 2 aromatic carbocycles. The fraction of sp³-hybridized carbons (Fsp3) is 0.240. The van der Waals surface area contributed by atoms with Crippen molar-refractivity contribution >= 4 is 11.0 Å². The summed E-state index contributed by atoms with van der Waals surface area (Å²) >= 11 is 0. The summed E-state index contributed by atoms with van der Waals surface area (Å²) < 4.78 is 32.1. The van der Waals surface area contributed by atoms with Crippen LogP contribution in [0.2, 0.25) is 0 Å². The number of hydrogen-bond donors (Lipinski definition) is 2. The number of halogens is 1. The number of nitrogens with one attached hydrogen (secondary N) is 1. The van der Waals surface area contributed by atoms with Crippen molar-refractivity contribution in [3.05, 3.63) is 72.5 Å². The molecule has 6 rings (SSSR count). The van der Waals surface area contributed by atoms with Crippen LogP contribution in [0.5, 0.6) is 5.88 Å². The van der Waals surface area contributed by atoms with Gasteiger partial charge < -0.3 is 24.3 Å². The van der Waals surface area contributed by atoms with Gasteiger partial charge in [0.25, 0.3) is 0 Å². The molecule has 2 fully saturated rings. The van der Waals surface area contributed by atoms with E-state index in [0.717, 1.165) is 11.1 Å². The highest BCUT2D eigenvalue weighted by molar-refractivity contribution is 5.81. The van der Waals surface area contributed by atoms with E-state index in [1.165, 1.54) is 6.07 Å². The molecule has 4 atom stereocenters. The molecule has 0 saturated carbocycles. The highest BCUT2D eigenvalue weighted by Crippen LogP contribution is 2.32. The summed E-state index contributed by atoms with van der Waals surface area (Å²) in [5.74, 6) is 0.0487. The standard InChI is InChI=1S/C25H21FN2O4/c26-17-10-18-19(11-22(27-18)32-21-13-31-24-20(29)12-30-25(21)24)28-23(17)16-8-6-15(7-9-16)14-4-2-1-3-5-14/h1-11,20-21,24-25,27,29H,12-13H2/t20-,21-,24-,25-/m1/s1. The summed E-state index contributed by atoms with van der Waals surface area (Å²) in [7, 11) is 0. The van der Waals surface area contributed by atoms with E-state index in [9.17, 15) is 9.50 Å². The fourth-order valence-electron chi connectivity index (χ4n) is 4.43. The molecule has 0 aliphatic carbocycles. The molecule has 0 amide bonds. The van der Waals surface area contributed by atoms with Crippen molar-refractivity contribution in [2.45, 2.75) is 24.4 Å². The third kappa shape index (κ3) is 3.35. The monoisotopic (exact) mass is 432 g/mol. The number of aliphatic hydroxyl groups excluding tert-OH is 1. The SMILES string of the molecule is O[C@@H]1CO[C@H]2[C@@H]1OC[C@H]2Oc1cc2nc(-c3ccc(-c4ccccc4)cc3)c(F)cc2[nH]1. The van der Waals surface area contributed by atoms with E-state index in [-0.39, 0.29) is 30.6 Å². The minimum absolute atomic E-state index is 0.237. The van der Waals surface area contributed by atoms with Gasteiger partial charge in [-0.3, -0.25) is 0 Å². The van der Waals surface area contributed by atoms with E-state index >= 15 is 0 Å². The zero-order chi connectivity index (χ0) is 21.7. The highest BCUT2D eigenvalue weighted by atomic mass is 19.1. The molecular weight excluding hydrogens is 411 g/mol. The third-order valence-corrected chi connectivity index (χ3v) is 6.06. The van der Waals surface area contributed by atoms with E-state index in [1.54, 1.807) is 6.07 Å². The molecule has 2 aromatic heterocycles. The molecule has 0 spiro atoms. The first-order valence-electron chi connectivity index (χ1n) is 10.6. The molecule has 6 nitrogen and oxygen atoms in total. The minimum atomic E-state index is -0.636. The Kier molecular flexibility index (Phi) is 4.68. The fourth-order valence-corrected chi connectivity index (χ4v) is 4.43. The van der Waals surface area contributed by atoms with Crippen LogP contribution in [-0.2, 0) is 9.47 Å². The van der Waals surface area contributed by atoms with Crippen LogP contribution in [0, 0.1) is 5.82 Å². The molecule has 7 heteroatoms. The maximum Gasteiger partial charge on any atom is 0.193 e. The third-order valence-electron chi connectivity index (χ3n) is 6.06. The molecule has 2 aliphatic rings. The summed E-state index contributed by atoms with van der Waals surface area (Å²) in [5, 5.41) is 9.88. The summed E-state index contributed by atoms with van der Waals surface area (Å²) in [6.45, 7) is 0.559. The predicted molar refractivity (Wildman–Crippen MR) is 117 cm³/mol. The number of aromatic amines is 1. The van der Waals surface area contributed by atoms with E-state index in [4.69, 9.17) is 14.2 Å². The average molecular weight is 432 g/mol. The second kappa shape index (κ2) is 7.70. The van der Waals surface area contributed by atoms with Gasteiger partial charge in [-0.1, -0.05) is 54.6 Å². The lowest BCUT2D eigenvalue weighted by Crippen LogP contribution is -2.34. The van der Waals surface area contributed by atoms with Crippen LogP contribution < -0.4 is 4.74 Å². The highest BCUT2D eigenvalue weighted by Gasteiger charge is 2.48. The van der Waals surface area contributed by atoms with Gasteiger partial charge >= 0.3 is 0 Å². The number of nitrogens with zero attached hydrogens (tertiary/aromatic N) is 1. The van der Waals surface area contributed by atoms with Crippen LogP contribution in [0.1, 0.15) is 0 Å². The van der Waals surface area contributed by atoms with Crippen molar-refractivity contribution in [1.82, 2.24) is 9.97 Å². The van der Waals surface area contributed by atoms with Crippen molar-refractivity contribution in [2.24, 2.45) is 0 Å². The number of ether oxygens (including phenoxy) is 3. The van der Waals surface area contributed by atoms with Crippen molar-refractivity contribution in [2.75, 3.05) is 13.2 Å². The Morgan fingerprint density at radius 3 is 2.44 bits per heavy atom. The number of pyridine rings is 1. The normalized spacial score (nSPS) is 24.7. The lowest BCUT2D eigenvalue weighted by Gasteiger charge is -2.16. The molecule has 4 heterocycles. The first kappa shape index (κ1) is 19.4. The Morgan fingerprint density at radius 2 is 1.62 bits per heavy atom. The Labute approximate surface area is 183 Å². The summed E-state index contributed by atoms with van der Waals surface area (Å²) in [6, 6.07) is 20.9. The second-order valence-electron chi connectivity index (χ2n) is 8.15. The molecule has 4 aromatic rings. The van der Waals surface area contributed by atoms with E-state index < -0.39 is 11.9 Å². The van der Waals surface area contributed by atoms with E-state index in [2.05, 4.69) is 9.97 Å². The van der Waals surface area contributed by atoms with Crippen molar-refractivity contribution in [1.29, 1.82) is 0 Å². The topological polar surface area (TPSA) is 76.6 Å². The van der Waals surface area contributed by atoms with E-state index in [0.29, 0.717) is 29.1 Å². The van der Waals surface area contributed by atoms with Gasteiger partial charge in [0, 0.05) is 17.7 Å². The summed E-state index contributed by atoms with van der Waals surface area (Å²) in [5.41, 5.74) is 4.30. The second-order valence-corrected chi connectivity index (χ2v) is 8.15. The van der Waals surface area contributed by atoms with Gasteiger partial charge in [-0.25, -0.2) is 9.37 Å². The molecule has 0 bridgehead atoms. The molecule has 2 aliphatic heterocycles. The van der Waals surface area contributed by atoms with Gasteiger partial charge in [0.2, 0.25) is 0 Å². The Balaban J connectivity index is 1.26. The largest absolute Gasteiger partial charge is 0.470 e. The van der Waals surface area contributed by atoms with Gasteiger partial charge in [-0.05, 0) is 11.1 Å². The maximum absolute atomic E-state index is 14.9. The molecule has 162 valence electrons. The minimum Gasteiger partial charge on any atom is -0.470 e. The Hall–Kier alpha value is -3.26. The number of aliphatic hydroxyl groups is 1. The summed E-state index contributed by atoms with van der Waals surface area (Å²) in [6.07, 6.45) is -1.67. The molecular formula is C25H21FN2O4. The van der Waals surface area contributed by atoms with Gasteiger partial charge in [0.1, 0.15) is 24.0 Å². The molecule has 2 N–H and O–H groups in total. The first-order valence-corrected chi connectivity index (χ1v) is 10.6. The van der Waals surface area contributed by atoms with Crippen LogP contribution in [0.4, 0.5) is 4.39 Å². The van der Waals surface area contributed by atoms with Crippen molar-refractivity contribution in [3.8, 4) is 28.3 Å². The smallest absolute Gasteiger partial charge is 0.193 e. The lowest BCUT2D eigenvalue weighted by molar-refractivity contribution is 0.00794. The van der Waals surface area contributed by atoms with Gasteiger partial charge in [-0.15, -0.1) is 0 Å². The zero-order valence-electron chi connectivity index (χ0n) is 17.1. The molecule has 0 radical (unpaired) electrons. The van der Waals surface area contributed by atoms with Crippen molar-refractivity contribution < 1.29 is 23.7 Å². The maximum atomic E-state index is 14.9. The van der Waals surface area contributed by atoms with E-state index in [1.807, 2.05) is 54.6 Å². The van der Waals surface area contributed by atoms with Crippen LogP contribution in [0.25, 0.3) is 33.4 Å². The predicted octanol–water partition coefficient (Wildman–Crippen LogP) is 3.94. The number of rotatable bonds is 4. The van der Waals surface area contributed by atoms with Crippen LogP contribution >= 0.6 is 0 Å². The number of aromatic nitrogens is 2. The van der Waals surface area contributed by atoms with Crippen molar-refractivity contribution in [3.63, 3.8) is 0 Å². The number of hydrogen-bond acceptors (Lipinski definition) is 5. The quantitative estimate of drug-likeness (QED) is 0.511. The van der Waals surface area contributed by atoms with Crippen LogP contribution in [-0.4, -0.2) is 52.7 Å². The van der Waals surface area contributed by atoms with Crippen LogP contribution in [0.15, 0.2) is 66.7 Å². The Bertz CT molecular complexity index is 1260. The zero-order valence-corrected chi connectivity index (χ0v) is 17.1. The molecule has 2 saturated heterocycles. The summed E-state index contributed by atoms with van der Waals surface area (Å²) in [4.78, 5) is 7.60. The number of fused-ring (bicyclic) bond motifs is 2.